The third kappa shape index (κ3) is 1.50. The number of aromatic carboxylic acids is 1. The summed E-state index contributed by atoms with van der Waals surface area (Å²) in [6.45, 7) is 0. The molecule has 0 saturated carbocycles. The van der Waals surface area contributed by atoms with Crippen LogP contribution >= 0.6 is 0 Å². The first-order valence-electron chi connectivity index (χ1n) is 4.53. The van der Waals surface area contributed by atoms with Crippen molar-refractivity contribution < 1.29 is 15.0 Å². The van der Waals surface area contributed by atoms with Gasteiger partial charge in [-0.2, -0.15) is 4.98 Å². The predicted octanol–water partition coefficient (Wildman–Crippen LogP) is 1.08. The number of carbonyl (C=O) groups is 1. The first-order chi connectivity index (χ1) is 7.63. The highest BCUT2D eigenvalue weighted by molar-refractivity contribution is 5.98. The Kier molecular flexibility index (Phi) is 2.32. The van der Waals surface area contributed by atoms with Crippen molar-refractivity contribution in [1.29, 1.82) is 0 Å². The van der Waals surface area contributed by atoms with Gasteiger partial charge in [-0.15, -0.1) is 0 Å². The summed E-state index contributed by atoms with van der Waals surface area (Å²) in [5, 5.41) is 21.7. The maximum Gasteiger partial charge on any atom is 0.341 e. The SMILES string of the molecule is CNc1ccnc2nc(O)c(C(=O)O)cc12. The summed E-state index contributed by atoms with van der Waals surface area (Å²) in [6, 6.07) is 3.05. The Morgan fingerprint density at radius 3 is 2.88 bits per heavy atom. The van der Waals surface area contributed by atoms with E-state index < -0.39 is 11.8 Å². The van der Waals surface area contributed by atoms with E-state index in [2.05, 4.69) is 15.3 Å². The number of pyridine rings is 2. The third-order valence-corrected chi connectivity index (χ3v) is 2.21. The normalized spacial score (nSPS) is 10.3. The van der Waals surface area contributed by atoms with Gasteiger partial charge in [0.25, 0.3) is 0 Å². The monoisotopic (exact) mass is 219 g/mol. The summed E-state index contributed by atoms with van der Waals surface area (Å²) in [4.78, 5) is 18.5. The number of carboxylic acid groups (broad SMARTS) is 1. The molecule has 0 atom stereocenters. The van der Waals surface area contributed by atoms with Crippen LogP contribution in [0.3, 0.4) is 0 Å². The largest absolute Gasteiger partial charge is 0.493 e. The quantitative estimate of drug-likeness (QED) is 0.699. The molecule has 0 saturated heterocycles. The number of aromatic hydroxyl groups is 1. The van der Waals surface area contributed by atoms with Crippen LogP contribution in [-0.4, -0.2) is 33.2 Å². The molecule has 16 heavy (non-hydrogen) atoms. The molecule has 2 heterocycles. The Morgan fingerprint density at radius 2 is 2.25 bits per heavy atom. The molecule has 0 spiro atoms. The van der Waals surface area contributed by atoms with E-state index in [1.165, 1.54) is 12.3 Å². The minimum atomic E-state index is -1.22. The van der Waals surface area contributed by atoms with Crippen molar-refractivity contribution in [2.24, 2.45) is 0 Å². The zero-order chi connectivity index (χ0) is 11.7. The second kappa shape index (κ2) is 3.65. The van der Waals surface area contributed by atoms with Gasteiger partial charge in [0, 0.05) is 24.3 Å². The van der Waals surface area contributed by atoms with Crippen LogP contribution in [0.15, 0.2) is 18.3 Å². The molecular weight excluding hydrogens is 210 g/mol. The molecule has 2 aromatic rings. The van der Waals surface area contributed by atoms with Crippen LogP contribution in [-0.2, 0) is 0 Å². The lowest BCUT2D eigenvalue weighted by Gasteiger charge is -2.06. The molecular formula is C10H9N3O3. The first kappa shape index (κ1) is 10.2. The molecule has 0 amide bonds. The number of hydrogen-bond acceptors (Lipinski definition) is 5. The highest BCUT2D eigenvalue weighted by atomic mass is 16.4. The fourth-order valence-corrected chi connectivity index (χ4v) is 1.44. The van der Waals surface area contributed by atoms with Gasteiger partial charge < -0.3 is 15.5 Å². The molecule has 6 nitrogen and oxygen atoms in total. The zero-order valence-corrected chi connectivity index (χ0v) is 8.43. The van der Waals surface area contributed by atoms with E-state index in [9.17, 15) is 9.90 Å². The lowest BCUT2D eigenvalue weighted by Crippen LogP contribution is -2.00. The van der Waals surface area contributed by atoms with Gasteiger partial charge in [0.15, 0.2) is 5.65 Å². The van der Waals surface area contributed by atoms with Gasteiger partial charge in [-0.05, 0) is 12.1 Å². The first-order valence-corrected chi connectivity index (χ1v) is 4.53. The molecule has 2 aromatic heterocycles. The standard InChI is InChI=1S/C10H9N3O3/c1-11-7-2-3-12-8-5(7)4-6(10(15)16)9(14)13-8/h2-4H,1H3,(H,15,16)(H2,11,12,13,14). The average molecular weight is 219 g/mol. The van der Waals surface area contributed by atoms with Gasteiger partial charge in [0.2, 0.25) is 5.88 Å². The van der Waals surface area contributed by atoms with E-state index in [1.807, 2.05) is 0 Å². The fourth-order valence-electron chi connectivity index (χ4n) is 1.44. The maximum absolute atomic E-state index is 10.8. The summed E-state index contributed by atoms with van der Waals surface area (Å²) in [6.07, 6.45) is 1.53. The van der Waals surface area contributed by atoms with Crippen LogP contribution in [0, 0.1) is 0 Å². The van der Waals surface area contributed by atoms with E-state index in [0.717, 1.165) is 0 Å². The Morgan fingerprint density at radius 1 is 1.50 bits per heavy atom. The smallest absolute Gasteiger partial charge is 0.341 e. The van der Waals surface area contributed by atoms with Gasteiger partial charge in [0.1, 0.15) is 5.56 Å². The molecule has 2 rings (SSSR count). The Balaban J connectivity index is 2.80. The van der Waals surface area contributed by atoms with Gasteiger partial charge in [-0.25, -0.2) is 9.78 Å². The summed E-state index contributed by atoms with van der Waals surface area (Å²) >= 11 is 0. The average Bonchev–Trinajstić information content (AvgIpc) is 2.26. The van der Waals surface area contributed by atoms with Crippen molar-refractivity contribution in [2.45, 2.75) is 0 Å². The minimum Gasteiger partial charge on any atom is -0.493 e. The molecule has 0 unspecified atom stereocenters. The van der Waals surface area contributed by atoms with E-state index in [4.69, 9.17) is 5.11 Å². The summed E-state index contributed by atoms with van der Waals surface area (Å²) < 4.78 is 0. The van der Waals surface area contributed by atoms with Crippen molar-refractivity contribution in [3.05, 3.63) is 23.9 Å². The predicted molar refractivity (Wildman–Crippen MR) is 57.7 cm³/mol. The molecule has 0 aliphatic carbocycles. The number of fused-ring (bicyclic) bond motifs is 1. The molecule has 3 N–H and O–H groups in total. The third-order valence-electron chi connectivity index (χ3n) is 2.21. The van der Waals surface area contributed by atoms with Crippen molar-refractivity contribution in [3.63, 3.8) is 0 Å². The molecule has 0 radical (unpaired) electrons. The number of aromatic nitrogens is 2. The highest BCUT2D eigenvalue weighted by Gasteiger charge is 2.14. The fraction of sp³-hybridized carbons (Fsp3) is 0.100. The molecule has 0 fully saturated rings. The summed E-state index contributed by atoms with van der Waals surface area (Å²) in [5.41, 5.74) is 0.770. The van der Waals surface area contributed by atoms with Crippen LogP contribution in [0.1, 0.15) is 10.4 Å². The highest BCUT2D eigenvalue weighted by Crippen LogP contribution is 2.25. The van der Waals surface area contributed by atoms with E-state index in [0.29, 0.717) is 16.7 Å². The number of carboxylic acids is 1. The maximum atomic E-state index is 10.8. The molecule has 82 valence electrons. The number of nitrogens with zero attached hydrogens (tertiary/aromatic N) is 2. The van der Waals surface area contributed by atoms with Gasteiger partial charge in [-0.1, -0.05) is 0 Å². The van der Waals surface area contributed by atoms with Crippen LogP contribution in [0.5, 0.6) is 5.88 Å². The number of anilines is 1. The lowest BCUT2D eigenvalue weighted by atomic mass is 10.2. The second-order valence-electron chi connectivity index (χ2n) is 3.14. The van der Waals surface area contributed by atoms with Crippen molar-refractivity contribution in [3.8, 4) is 5.88 Å². The van der Waals surface area contributed by atoms with Gasteiger partial charge >= 0.3 is 5.97 Å². The minimum absolute atomic E-state index is 0.239. The topological polar surface area (TPSA) is 95.3 Å². The van der Waals surface area contributed by atoms with Gasteiger partial charge in [0.05, 0.1) is 0 Å². The van der Waals surface area contributed by atoms with Crippen LogP contribution in [0.2, 0.25) is 0 Å². The Labute approximate surface area is 90.6 Å². The van der Waals surface area contributed by atoms with Gasteiger partial charge in [-0.3, -0.25) is 0 Å². The van der Waals surface area contributed by atoms with Crippen LogP contribution < -0.4 is 5.32 Å². The van der Waals surface area contributed by atoms with Crippen molar-refractivity contribution >= 4 is 22.7 Å². The molecule has 0 aromatic carbocycles. The lowest BCUT2D eigenvalue weighted by molar-refractivity contribution is 0.0693. The van der Waals surface area contributed by atoms with Crippen molar-refractivity contribution in [1.82, 2.24) is 9.97 Å². The number of hydrogen-bond donors (Lipinski definition) is 3. The molecule has 6 heteroatoms. The zero-order valence-electron chi connectivity index (χ0n) is 8.43. The number of rotatable bonds is 2. The van der Waals surface area contributed by atoms with Crippen LogP contribution in [0.25, 0.3) is 11.0 Å². The van der Waals surface area contributed by atoms with Crippen molar-refractivity contribution in [2.75, 3.05) is 12.4 Å². The summed E-state index contributed by atoms with van der Waals surface area (Å²) in [7, 11) is 1.71. The Bertz CT molecular complexity index is 568. The molecule has 0 bridgehead atoms. The Hall–Kier alpha value is -2.37. The van der Waals surface area contributed by atoms with E-state index in [-0.39, 0.29) is 5.56 Å². The van der Waals surface area contributed by atoms with E-state index >= 15 is 0 Å². The molecule has 0 aliphatic rings. The number of nitrogens with one attached hydrogen (secondary N) is 1. The van der Waals surface area contributed by atoms with Crippen LogP contribution in [0.4, 0.5) is 5.69 Å². The van der Waals surface area contributed by atoms with E-state index in [1.54, 1.807) is 13.1 Å². The molecule has 0 aliphatic heterocycles. The summed E-state index contributed by atoms with van der Waals surface area (Å²) in [5.74, 6) is -1.75. The second-order valence-corrected chi connectivity index (χ2v) is 3.14.